The molecule has 0 atom stereocenters. The Morgan fingerprint density at radius 3 is 0.500 bits per heavy atom. The molecule has 0 bridgehead atoms. The van der Waals surface area contributed by atoms with E-state index in [4.69, 9.17) is 9.47 Å². The maximum Gasteiger partial charge on any atom is 0.0466 e. The van der Waals surface area contributed by atoms with Gasteiger partial charge in [-0.2, -0.15) is 0 Å². The van der Waals surface area contributed by atoms with Gasteiger partial charge in [0, 0.05) is 26.4 Å². The van der Waals surface area contributed by atoms with Gasteiger partial charge in [0.25, 0.3) is 0 Å². The van der Waals surface area contributed by atoms with Gasteiger partial charge < -0.3 is 9.47 Å². The highest BCUT2D eigenvalue weighted by Gasteiger charge is 1.97. The zero-order valence-corrected chi connectivity index (χ0v) is 29.7. The lowest BCUT2D eigenvalue weighted by molar-refractivity contribution is 0.117. The molecule has 0 N–H and O–H groups in total. The summed E-state index contributed by atoms with van der Waals surface area (Å²) in [6.45, 7) is 8.46. The molecule has 0 aromatic rings. The summed E-state index contributed by atoms with van der Waals surface area (Å²) >= 11 is 0. The van der Waals surface area contributed by atoms with Crippen LogP contribution in [0.2, 0.25) is 0 Å². The third-order valence-electron chi connectivity index (χ3n) is 9.11. The molecule has 42 heavy (non-hydrogen) atoms. The fraction of sp³-hybridized carbons (Fsp3) is 1.00. The summed E-state index contributed by atoms with van der Waals surface area (Å²) in [6.07, 6.45) is 47.8. The Kier molecular flexibility index (Phi) is 40.8. The smallest absolute Gasteiger partial charge is 0.0466 e. The highest BCUT2D eigenvalue weighted by Crippen LogP contribution is 2.15. The standard InChI is InChI=1S/C40H82O2/c1-3-5-7-9-11-13-15-17-19-21-23-25-27-29-33-37-41-39-35-31-32-36-40-42-38-34-30-28-26-24-22-20-18-16-14-12-10-8-6-4-2/h3-40H2,1-2H3. The Morgan fingerprint density at radius 2 is 0.333 bits per heavy atom. The van der Waals surface area contributed by atoms with Gasteiger partial charge in [-0.05, 0) is 25.7 Å². The van der Waals surface area contributed by atoms with Gasteiger partial charge in [-0.25, -0.2) is 0 Å². The van der Waals surface area contributed by atoms with Gasteiger partial charge in [0.1, 0.15) is 0 Å². The van der Waals surface area contributed by atoms with Crippen molar-refractivity contribution in [3.05, 3.63) is 0 Å². The van der Waals surface area contributed by atoms with Gasteiger partial charge in [-0.1, -0.05) is 206 Å². The molecule has 254 valence electrons. The molecule has 0 rings (SSSR count). The first kappa shape index (κ1) is 41.9. The van der Waals surface area contributed by atoms with Crippen molar-refractivity contribution in [2.75, 3.05) is 26.4 Å². The summed E-state index contributed by atoms with van der Waals surface area (Å²) in [4.78, 5) is 0. The fourth-order valence-electron chi connectivity index (χ4n) is 6.12. The van der Waals surface area contributed by atoms with E-state index in [-0.39, 0.29) is 0 Å². The minimum absolute atomic E-state index is 0.957. The van der Waals surface area contributed by atoms with Gasteiger partial charge in [0.2, 0.25) is 0 Å². The molecule has 0 aliphatic heterocycles. The van der Waals surface area contributed by atoms with E-state index in [9.17, 15) is 0 Å². The van der Waals surface area contributed by atoms with E-state index in [2.05, 4.69) is 13.8 Å². The lowest BCUT2D eigenvalue weighted by atomic mass is 10.0. The first-order chi connectivity index (χ1) is 20.9. The molecule has 2 heteroatoms. The highest BCUT2D eigenvalue weighted by atomic mass is 16.5. The van der Waals surface area contributed by atoms with Gasteiger partial charge in [0.15, 0.2) is 0 Å². The molecule has 0 aliphatic rings. The minimum atomic E-state index is 0.957. The molecule has 0 fully saturated rings. The quantitative estimate of drug-likeness (QED) is 0.0659. The van der Waals surface area contributed by atoms with Crippen LogP contribution in [0.4, 0.5) is 0 Å². The molecule has 0 radical (unpaired) electrons. The van der Waals surface area contributed by atoms with Crippen LogP contribution in [0.5, 0.6) is 0 Å². The van der Waals surface area contributed by atoms with Crippen molar-refractivity contribution in [1.29, 1.82) is 0 Å². The van der Waals surface area contributed by atoms with E-state index < -0.39 is 0 Å². The van der Waals surface area contributed by atoms with Crippen LogP contribution in [0.1, 0.15) is 232 Å². The Morgan fingerprint density at radius 1 is 0.190 bits per heavy atom. The molecule has 0 aliphatic carbocycles. The minimum Gasteiger partial charge on any atom is -0.381 e. The first-order valence-electron chi connectivity index (χ1n) is 20.1. The van der Waals surface area contributed by atoms with Crippen LogP contribution >= 0.6 is 0 Å². The molecule has 0 aromatic carbocycles. The zero-order valence-electron chi connectivity index (χ0n) is 29.7. The van der Waals surface area contributed by atoms with E-state index in [1.807, 2.05) is 0 Å². The molecule has 0 aromatic heterocycles. The van der Waals surface area contributed by atoms with Crippen molar-refractivity contribution in [2.24, 2.45) is 0 Å². The van der Waals surface area contributed by atoms with Crippen LogP contribution in [0.15, 0.2) is 0 Å². The molecule has 0 saturated carbocycles. The summed E-state index contributed by atoms with van der Waals surface area (Å²) in [6, 6.07) is 0. The fourth-order valence-corrected chi connectivity index (χ4v) is 6.12. The van der Waals surface area contributed by atoms with Gasteiger partial charge in [0.05, 0.1) is 0 Å². The van der Waals surface area contributed by atoms with E-state index in [0.717, 1.165) is 26.4 Å². The summed E-state index contributed by atoms with van der Waals surface area (Å²) in [5.74, 6) is 0. The number of unbranched alkanes of at least 4 members (excludes halogenated alkanes) is 31. The maximum absolute atomic E-state index is 5.86. The third kappa shape index (κ3) is 39.9. The summed E-state index contributed by atoms with van der Waals surface area (Å²) in [7, 11) is 0. The second kappa shape index (κ2) is 40.9. The molecule has 2 nitrogen and oxygen atoms in total. The summed E-state index contributed by atoms with van der Waals surface area (Å²) in [5, 5.41) is 0. The van der Waals surface area contributed by atoms with Crippen LogP contribution in [0.3, 0.4) is 0 Å². The summed E-state index contributed by atoms with van der Waals surface area (Å²) in [5.41, 5.74) is 0. The van der Waals surface area contributed by atoms with Gasteiger partial charge >= 0.3 is 0 Å². The molecule has 0 unspecified atom stereocenters. The SMILES string of the molecule is CCCCCCCCCCCCCCCCCOCCCCCCOCCCCCCCCCCCCCCCCC. The monoisotopic (exact) mass is 595 g/mol. The second-order valence-electron chi connectivity index (χ2n) is 13.5. The van der Waals surface area contributed by atoms with Gasteiger partial charge in [-0.15, -0.1) is 0 Å². The highest BCUT2D eigenvalue weighted by molar-refractivity contribution is 4.52. The maximum atomic E-state index is 5.86. The third-order valence-corrected chi connectivity index (χ3v) is 9.11. The van der Waals surface area contributed by atoms with Crippen LogP contribution in [0, 0.1) is 0 Å². The summed E-state index contributed by atoms with van der Waals surface area (Å²) < 4.78 is 11.7. The number of ether oxygens (including phenoxy) is 2. The largest absolute Gasteiger partial charge is 0.381 e. The van der Waals surface area contributed by atoms with Crippen molar-refractivity contribution < 1.29 is 9.47 Å². The van der Waals surface area contributed by atoms with Crippen LogP contribution in [-0.4, -0.2) is 26.4 Å². The molecular formula is C40H82O2. The first-order valence-corrected chi connectivity index (χ1v) is 20.1. The van der Waals surface area contributed by atoms with E-state index >= 15 is 0 Å². The van der Waals surface area contributed by atoms with Gasteiger partial charge in [-0.3, -0.25) is 0 Å². The van der Waals surface area contributed by atoms with Crippen LogP contribution < -0.4 is 0 Å². The lowest BCUT2D eigenvalue weighted by Crippen LogP contribution is -1.99. The Bertz CT molecular complexity index is 397. The normalized spacial score (nSPS) is 11.6. The Hall–Kier alpha value is -0.0800. The predicted octanol–water partition coefficient (Wildman–Crippen LogP) is 14.3. The predicted molar refractivity (Wildman–Crippen MR) is 190 cm³/mol. The van der Waals surface area contributed by atoms with Crippen LogP contribution in [-0.2, 0) is 9.47 Å². The van der Waals surface area contributed by atoms with Crippen molar-refractivity contribution >= 4 is 0 Å². The van der Waals surface area contributed by atoms with E-state index in [1.54, 1.807) is 0 Å². The van der Waals surface area contributed by atoms with E-state index in [0.29, 0.717) is 0 Å². The zero-order chi connectivity index (χ0) is 30.3. The van der Waals surface area contributed by atoms with Crippen molar-refractivity contribution in [2.45, 2.75) is 232 Å². The topological polar surface area (TPSA) is 18.5 Å². The van der Waals surface area contributed by atoms with Crippen molar-refractivity contribution in [3.63, 3.8) is 0 Å². The molecule has 0 saturated heterocycles. The average molecular weight is 595 g/mol. The Balaban J connectivity index is 3.02. The number of hydrogen-bond donors (Lipinski definition) is 0. The molecule has 0 heterocycles. The Labute approximate surface area is 267 Å². The second-order valence-corrected chi connectivity index (χ2v) is 13.5. The van der Waals surface area contributed by atoms with Crippen LogP contribution in [0.25, 0.3) is 0 Å². The molecule has 0 spiro atoms. The van der Waals surface area contributed by atoms with E-state index in [1.165, 1.54) is 218 Å². The number of rotatable bonds is 39. The molecular weight excluding hydrogens is 512 g/mol. The van der Waals surface area contributed by atoms with Crippen molar-refractivity contribution in [1.82, 2.24) is 0 Å². The van der Waals surface area contributed by atoms with Crippen molar-refractivity contribution in [3.8, 4) is 0 Å². The molecule has 0 amide bonds. The average Bonchev–Trinajstić information content (AvgIpc) is 3.00. The lowest BCUT2D eigenvalue weighted by Gasteiger charge is -2.06. The number of hydrogen-bond acceptors (Lipinski definition) is 2.